The fourth-order valence-electron chi connectivity index (χ4n) is 2.85. The van der Waals surface area contributed by atoms with Gasteiger partial charge in [0.05, 0.1) is 0 Å². The highest BCUT2D eigenvalue weighted by Crippen LogP contribution is 2.25. The summed E-state index contributed by atoms with van der Waals surface area (Å²) >= 11 is 0. The Labute approximate surface area is 137 Å². The summed E-state index contributed by atoms with van der Waals surface area (Å²) in [5.41, 5.74) is 0.996. The molecule has 1 fully saturated rings. The molecule has 1 heterocycles. The van der Waals surface area contributed by atoms with Crippen LogP contribution in [0.15, 0.2) is 24.5 Å². The Morgan fingerprint density at radius 1 is 1.00 bits per heavy atom. The zero-order chi connectivity index (χ0) is 16.3. The molecule has 3 N–H and O–H groups in total. The van der Waals surface area contributed by atoms with Crippen LogP contribution in [0.1, 0.15) is 44.1 Å². The van der Waals surface area contributed by atoms with Crippen molar-refractivity contribution in [3.63, 3.8) is 0 Å². The Bertz CT molecular complexity index is 487. The second-order valence-corrected chi connectivity index (χ2v) is 6.02. The maximum Gasteiger partial charge on any atom is 0.315 e. The molecule has 1 aromatic rings. The van der Waals surface area contributed by atoms with Gasteiger partial charge in [0.25, 0.3) is 0 Å². The Morgan fingerprint density at radius 2 is 1.70 bits per heavy atom. The van der Waals surface area contributed by atoms with E-state index in [1.54, 1.807) is 12.4 Å². The zero-order valence-corrected chi connectivity index (χ0v) is 13.5. The van der Waals surface area contributed by atoms with Gasteiger partial charge in [0.2, 0.25) is 5.91 Å². The number of nitrogens with zero attached hydrogens (tertiary/aromatic N) is 1. The van der Waals surface area contributed by atoms with E-state index in [4.69, 9.17) is 0 Å². The molecule has 0 atom stereocenters. The molecule has 0 bridgehead atoms. The van der Waals surface area contributed by atoms with Crippen LogP contribution < -0.4 is 16.0 Å². The van der Waals surface area contributed by atoms with E-state index in [-0.39, 0.29) is 11.9 Å². The number of urea groups is 1. The first-order valence-corrected chi connectivity index (χ1v) is 8.41. The number of pyridine rings is 1. The van der Waals surface area contributed by atoms with Crippen molar-refractivity contribution >= 4 is 11.9 Å². The van der Waals surface area contributed by atoms with Crippen LogP contribution in [-0.2, 0) is 11.3 Å². The van der Waals surface area contributed by atoms with Gasteiger partial charge in [0.1, 0.15) is 0 Å². The van der Waals surface area contributed by atoms with Gasteiger partial charge in [-0.15, -0.1) is 0 Å². The average molecular weight is 318 g/mol. The highest BCUT2D eigenvalue weighted by molar-refractivity contribution is 5.76. The van der Waals surface area contributed by atoms with E-state index in [1.807, 2.05) is 12.1 Å². The van der Waals surface area contributed by atoms with Crippen molar-refractivity contribution < 1.29 is 9.59 Å². The van der Waals surface area contributed by atoms with E-state index < -0.39 is 0 Å². The summed E-state index contributed by atoms with van der Waals surface area (Å²) in [5.74, 6) is 0.635. The molecule has 1 aliphatic carbocycles. The van der Waals surface area contributed by atoms with Crippen LogP contribution >= 0.6 is 0 Å². The van der Waals surface area contributed by atoms with Gasteiger partial charge in [-0.1, -0.05) is 19.3 Å². The molecule has 1 aliphatic rings. The summed E-state index contributed by atoms with van der Waals surface area (Å²) < 4.78 is 0. The number of hydrogen-bond acceptors (Lipinski definition) is 3. The third-order valence-corrected chi connectivity index (χ3v) is 4.13. The summed E-state index contributed by atoms with van der Waals surface area (Å²) in [4.78, 5) is 27.4. The molecule has 1 aromatic heterocycles. The van der Waals surface area contributed by atoms with Crippen molar-refractivity contribution in [2.45, 2.75) is 45.1 Å². The smallest absolute Gasteiger partial charge is 0.315 e. The quantitative estimate of drug-likeness (QED) is 0.672. The third kappa shape index (κ3) is 7.13. The number of amides is 3. The maximum absolute atomic E-state index is 11.8. The molecule has 0 aliphatic heterocycles. The molecule has 2 rings (SSSR count). The Morgan fingerprint density at radius 3 is 2.43 bits per heavy atom. The molecule has 6 nitrogen and oxygen atoms in total. The maximum atomic E-state index is 11.8. The van der Waals surface area contributed by atoms with Crippen LogP contribution in [0, 0.1) is 5.92 Å². The van der Waals surface area contributed by atoms with Crippen molar-refractivity contribution in [1.29, 1.82) is 0 Å². The largest absolute Gasteiger partial charge is 0.354 e. The first-order valence-electron chi connectivity index (χ1n) is 8.41. The van der Waals surface area contributed by atoms with Crippen LogP contribution in [0.3, 0.4) is 0 Å². The van der Waals surface area contributed by atoms with Gasteiger partial charge in [0.15, 0.2) is 0 Å². The Hall–Kier alpha value is -2.11. The average Bonchev–Trinajstić information content (AvgIpc) is 2.59. The molecule has 23 heavy (non-hydrogen) atoms. The third-order valence-electron chi connectivity index (χ3n) is 4.13. The number of hydrogen-bond donors (Lipinski definition) is 3. The number of aromatic nitrogens is 1. The molecule has 126 valence electrons. The van der Waals surface area contributed by atoms with E-state index in [9.17, 15) is 9.59 Å². The van der Waals surface area contributed by atoms with Crippen molar-refractivity contribution in [2.24, 2.45) is 5.92 Å². The zero-order valence-electron chi connectivity index (χ0n) is 13.5. The summed E-state index contributed by atoms with van der Waals surface area (Å²) in [6.07, 6.45) is 10.1. The van der Waals surface area contributed by atoms with E-state index in [0.717, 1.165) is 5.56 Å². The standard InChI is InChI=1S/C17H26N4O2/c22-16(12-14-4-2-1-3-5-14)19-10-11-20-17(23)21-13-15-6-8-18-9-7-15/h6-9,14H,1-5,10-13H2,(H,19,22)(H2,20,21,23). The summed E-state index contributed by atoms with van der Waals surface area (Å²) in [6.45, 7) is 1.36. The number of carbonyl (C=O) groups excluding carboxylic acids is 2. The van der Waals surface area contributed by atoms with E-state index in [2.05, 4.69) is 20.9 Å². The lowest BCUT2D eigenvalue weighted by atomic mass is 9.87. The monoisotopic (exact) mass is 318 g/mol. The molecule has 1 saturated carbocycles. The lowest BCUT2D eigenvalue weighted by Gasteiger charge is -2.20. The first kappa shape index (κ1) is 17.2. The fraction of sp³-hybridized carbons (Fsp3) is 0.588. The van der Waals surface area contributed by atoms with Crippen LogP contribution in [0.5, 0.6) is 0 Å². The molecule has 0 radical (unpaired) electrons. The normalized spacial score (nSPS) is 15.0. The van der Waals surface area contributed by atoms with Crippen LogP contribution in [0.2, 0.25) is 0 Å². The predicted octanol–water partition coefficient (Wildman–Crippen LogP) is 1.97. The van der Waals surface area contributed by atoms with Gasteiger partial charge in [-0.2, -0.15) is 0 Å². The van der Waals surface area contributed by atoms with Crippen LogP contribution in [-0.4, -0.2) is 30.0 Å². The molecular weight excluding hydrogens is 292 g/mol. The minimum absolute atomic E-state index is 0.0934. The minimum Gasteiger partial charge on any atom is -0.354 e. The summed E-state index contributed by atoms with van der Waals surface area (Å²) in [6, 6.07) is 3.47. The highest BCUT2D eigenvalue weighted by Gasteiger charge is 2.16. The van der Waals surface area contributed by atoms with Gasteiger partial charge in [0, 0.05) is 38.4 Å². The van der Waals surface area contributed by atoms with Gasteiger partial charge in [-0.3, -0.25) is 9.78 Å². The predicted molar refractivity (Wildman–Crippen MR) is 88.7 cm³/mol. The first-order chi connectivity index (χ1) is 11.2. The molecule has 0 saturated heterocycles. The molecule has 0 aromatic carbocycles. The highest BCUT2D eigenvalue weighted by atomic mass is 16.2. The van der Waals surface area contributed by atoms with Crippen molar-refractivity contribution in [1.82, 2.24) is 20.9 Å². The lowest BCUT2D eigenvalue weighted by Crippen LogP contribution is -2.40. The SMILES string of the molecule is O=C(CC1CCCCC1)NCCNC(=O)NCc1ccncc1. The topological polar surface area (TPSA) is 83.1 Å². The second-order valence-electron chi connectivity index (χ2n) is 6.02. The van der Waals surface area contributed by atoms with Gasteiger partial charge < -0.3 is 16.0 Å². The van der Waals surface area contributed by atoms with Crippen molar-refractivity contribution in [3.05, 3.63) is 30.1 Å². The number of carbonyl (C=O) groups is 2. The molecule has 0 spiro atoms. The van der Waals surface area contributed by atoms with E-state index in [0.29, 0.717) is 32.0 Å². The molecule has 6 heteroatoms. The molecule has 0 unspecified atom stereocenters. The molecular formula is C17H26N4O2. The van der Waals surface area contributed by atoms with E-state index >= 15 is 0 Å². The Kier molecular flexibility index (Phi) is 7.36. The number of rotatable bonds is 7. The van der Waals surface area contributed by atoms with Crippen molar-refractivity contribution in [3.8, 4) is 0 Å². The minimum atomic E-state index is -0.233. The Balaban J connectivity index is 1.50. The van der Waals surface area contributed by atoms with Gasteiger partial charge >= 0.3 is 6.03 Å². The van der Waals surface area contributed by atoms with Crippen molar-refractivity contribution in [2.75, 3.05) is 13.1 Å². The van der Waals surface area contributed by atoms with Gasteiger partial charge in [-0.25, -0.2) is 4.79 Å². The summed E-state index contributed by atoms with van der Waals surface area (Å²) in [7, 11) is 0. The fourth-order valence-corrected chi connectivity index (χ4v) is 2.85. The second kappa shape index (κ2) is 9.82. The van der Waals surface area contributed by atoms with E-state index in [1.165, 1.54) is 32.1 Å². The molecule has 3 amide bonds. The van der Waals surface area contributed by atoms with Gasteiger partial charge in [-0.05, 0) is 36.5 Å². The summed E-state index contributed by atoms with van der Waals surface area (Å²) in [5, 5.41) is 8.36. The lowest BCUT2D eigenvalue weighted by molar-refractivity contribution is -0.122. The van der Waals surface area contributed by atoms with Crippen LogP contribution in [0.4, 0.5) is 4.79 Å². The number of nitrogens with one attached hydrogen (secondary N) is 3. The van der Waals surface area contributed by atoms with Crippen LogP contribution in [0.25, 0.3) is 0 Å².